The maximum atomic E-state index is 11.7. The number of rotatable bonds is 3. The number of carbonyl (C=O) groups excluding carboxylic acids is 2. The van der Waals surface area contributed by atoms with Gasteiger partial charge < -0.3 is 14.2 Å². The lowest BCUT2D eigenvalue weighted by atomic mass is 9.46. The molecule has 118 valence electrons. The molecule has 0 radical (unpaired) electrons. The number of esters is 2. The third-order valence-corrected chi connectivity index (χ3v) is 5.93. The molecular weight excluding hydrogens is 272 g/mol. The number of methoxy groups -OCH3 is 1. The van der Waals surface area contributed by atoms with E-state index in [2.05, 4.69) is 0 Å². The molecule has 4 bridgehead atoms. The third kappa shape index (κ3) is 2.00. The molecule has 0 saturated heterocycles. The van der Waals surface area contributed by atoms with Crippen molar-refractivity contribution in [3.05, 3.63) is 0 Å². The van der Waals surface area contributed by atoms with Crippen LogP contribution in [-0.2, 0) is 23.8 Å². The number of ether oxygens (including phenoxy) is 3. The molecule has 0 heterocycles. The summed E-state index contributed by atoms with van der Waals surface area (Å²) in [6.45, 7) is 4.78. The van der Waals surface area contributed by atoms with Crippen LogP contribution in [-0.4, -0.2) is 35.9 Å². The molecule has 4 rings (SSSR count). The second kappa shape index (κ2) is 4.45. The molecule has 21 heavy (non-hydrogen) atoms. The second-order valence-electron chi connectivity index (χ2n) is 7.26. The standard InChI is InChI=1S/C16H24O5/c1-10(17)20-14(3)13-5-12-6-15(8-13,19-4)9-16(14,7-12)21-11(2)18/h12-13H,5-9H2,1-4H3. The van der Waals surface area contributed by atoms with Crippen molar-refractivity contribution in [3.63, 3.8) is 0 Å². The van der Waals surface area contributed by atoms with Crippen LogP contribution >= 0.6 is 0 Å². The summed E-state index contributed by atoms with van der Waals surface area (Å²) in [5.74, 6) is 0.0203. The van der Waals surface area contributed by atoms with Gasteiger partial charge in [0.25, 0.3) is 0 Å². The summed E-state index contributed by atoms with van der Waals surface area (Å²) in [5, 5.41) is 0. The van der Waals surface area contributed by atoms with Crippen molar-refractivity contribution in [2.24, 2.45) is 11.8 Å². The van der Waals surface area contributed by atoms with E-state index < -0.39 is 11.2 Å². The first-order chi connectivity index (χ1) is 9.74. The molecule has 0 aromatic carbocycles. The highest BCUT2D eigenvalue weighted by Gasteiger charge is 2.72. The Bertz CT molecular complexity index is 489. The van der Waals surface area contributed by atoms with Crippen LogP contribution in [0.1, 0.15) is 52.9 Å². The maximum Gasteiger partial charge on any atom is 0.303 e. The highest BCUT2D eigenvalue weighted by molar-refractivity contribution is 5.68. The van der Waals surface area contributed by atoms with Gasteiger partial charge in [-0.15, -0.1) is 0 Å². The van der Waals surface area contributed by atoms with Crippen LogP contribution in [0.25, 0.3) is 0 Å². The van der Waals surface area contributed by atoms with Gasteiger partial charge in [0.05, 0.1) is 5.60 Å². The first-order valence-electron chi connectivity index (χ1n) is 7.68. The molecule has 4 aliphatic carbocycles. The van der Waals surface area contributed by atoms with Crippen molar-refractivity contribution >= 4 is 11.9 Å². The normalized spacial score (nSPS) is 47.2. The Hall–Kier alpha value is -1.10. The van der Waals surface area contributed by atoms with Crippen LogP contribution in [0.15, 0.2) is 0 Å². The van der Waals surface area contributed by atoms with Crippen molar-refractivity contribution in [3.8, 4) is 0 Å². The molecule has 5 atom stereocenters. The molecule has 0 amide bonds. The first kappa shape index (κ1) is 14.8. The number of hydrogen-bond acceptors (Lipinski definition) is 5. The molecule has 0 aliphatic heterocycles. The summed E-state index contributed by atoms with van der Waals surface area (Å²) in [7, 11) is 1.73. The van der Waals surface area contributed by atoms with Crippen molar-refractivity contribution < 1.29 is 23.8 Å². The third-order valence-electron chi connectivity index (χ3n) is 5.93. The Morgan fingerprint density at radius 3 is 2.29 bits per heavy atom. The summed E-state index contributed by atoms with van der Waals surface area (Å²) in [6.07, 6.45) is 4.27. The fourth-order valence-corrected chi connectivity index (χ4v) is 5.32. The summed E-state index contributed by atoms with van der Waals surface area (Å²) in [4.78, 5) is 23.3. The Kier molecular flexibility index (Phi) is 3.14. The lowest BCUT2D eigenvalue weighted by Crippen LogP contribution is -2.74. The molecule has 0 aromatic heterocycles. The topological polar surface area (TPSA) is 61.8 Å². The summed E-state index contributed by atoms with van der Waals surface area (Å²) in [5.41, 5.74) is -1.73. The minimum Gasteiger partial charge on any atom is -0.455 e. The van der Waals surface area contributed by atoms with Gasteiger partial charge in [-0.1, -0.05) is 0 Å². The monoisotopic (exact) mass is 296 g/mol. The zero-order chi connectivity index (χ0) is 15.5. The predicted octanol–water partition coefficient (Wildman–Crippen LogP) is 2.22. The van der Waals surface area contributed by atoms with Crippen LogP contribution in [0.4, 0.5) is 0 Å². The van der Waals surface area contributed by atoms with E-state index in [9.17, 15) is 9.59 Å². The fourth-order valence-electron chi connectivity index (χ4n) is 5.32. The van der Waals surface area contributed by atoms with E-state index in [0.29, 0.717) is 12.3 Å². The molecule has 5 heteroatoms. The van der Waals surface area contributed by atoms with Crippen LogP contribution in [0.5, 0.6) is 0 Å². The van der Waals surface area contributed by atoms with Crippen LogP contribution in [0.3, 0.4) is 0 Å². The molecule has 4 aliphatic rings. The molecule has 4 fully saturated rings. The van der Waals surface area contributed by atoms with Gasteiger partial charge in [-0.3, -0.25) is 9.59 Å². The van der Waals surface area contributed by atoms with Crippen LogP contribution in [0.2, 0.25) is 0 Å². The fraction of sp³-hybridized carbons (Fsp3) is 0.875. The van der Waals surface area contributed by atoms with E-state index in [4.69, 9.17) is 14.2 Å². The molecular formula is C16H24O5. The highest BCUT2D eigenvalue weighted by Crippen LogP contribution is 2.65. The summed E-state index contributed by atoms with van der Waals surface area (Å²) in [6, 6.07) is 0. The molecule has 4 saturated carbocycles. The molecule has 5 unspecified atom stereocenters. The minimum absolute atomic E-state index is 0.182. The zero-order valence-corrected chi connectivity index (χ0v) is 13.2. The number of carbonyl (C=O) groups is 2. The molecule has 0 spiro atoms. The van der Waals surface area contributed by atoms with Gasteiger partial charge in [0, 0.05) is 33.3 Å². The zero-order valence-electron chi connectivity index (χ0n) is 13.2. The van der Waals surface area contributed by atoms with Gasteiger partial charge >= 0.3 is 11.9 Å². The van der Waals surface area contributed by atoms with Crippen molar-refractivity contribution in [2.75, 3.05) is 7.11 Å². The van der Waals surface area contributed by atoms with Gasteiger partial charge in [-0.25, -0.2) is 0 Å². The Morgan fingerprint density at radius 1 is 1.05 bits per heavy atom. The van der Waals surface area contributed by atoms with Gasteiger partial charge in [-0.05, 0) is 38.5 Å². The molecule has 0 N–H and O–H groups in total. The van der Waals surface area contributed by atoms with Crippen LogP contribution < -0.4 is 0 Å². The smallest absolute Gasteiger partial charge is 0.303 e. The van der Waals surface area contributed by atoms with Gasteiger partial charge in [-0.2, -0.15) is 0 Å². The van der Waals surface area contributed by atoms with Gasteiger partial charge in [0.15, 0.2) is 11.2 Å². The summed E-state index contributed by atoms with van der Waals surface area (Å²) >= 11 is 0. The lowest BCUT2D eigenvalue weighted by molar-refractivity contribution is -0.307. The average Bonchev–Trinajstić information content (AvgIpc) is 2.34. The quantitative estimate of drug-likeness (QED) is 0.747. The lowest BCUT2D eigenvalue weighted by Gasteiger charge is -2.67. The SMILES string of the molecule is COC12CC3CC(C1)C(C)(OC(C)=O)C(OC(C)=O)(C3)C2. The number of hydrogen-bond donors (Lipinski definition) is 0. The van der Waals surface area contributed by atoms with Crippen molar-refractivity contribution in [1.82, 2.24) is 0 Å². The van der Waals surface area contributed by atoms with E-state index in [-0.39, 0.29) is 23.5 Å². The Labute approximate surface area is 125 Å². The van der Waals surface area contributed by atoms with Gasteiger partial charge in [0.1, 0.15) is 0 Å². The highest BCUT2D eigenvalue weighted by atomic mass is 16.6. The first-order valence-corrected chi connectivity index (χ1v) is 7.68. The second-order valence-corrected chi connectivity index (χ2v) is 7.26. The van der Waals surface area contributed by atoms with Gasteiger partial charge in [0.2, 0.25) is 0 Å². The van der Waals surface area contributed by atoms with E-state index >= 15 is 0 Å². The maximum absolute atomic E-state index is 11.7. The van der Waals surface area contributed by atoms with E-state index in [1.807, 2.05) is 6.92 Å². The van der Waals surface area contributed by atoms with E-state index in [1.165, 1.54) is 13.8 Å². The van der Waals surface area contributed by atoms with Crippen LogP contribution in [0, 0.1) is 11.8 Å². The Morgan fingerprint density at radius 2 is 1.71 bits per heavy atom. The van der Waals surface area contributed by atoms with E-state index in [1.54, 1.807) is 7.11 Å². The van der Waals surface area contributed by atoms with E-state index in [0.717, 1.165) is 25.7 Å². The summed E-state index contributed by atoms with van der Waals surface area (Å²) < 4.78 is 17.4. The molecule has 5 nitrogen and oxygen atoms in total. The van der Waals surface area contributed by atoms with Crippen molar-refractivity contribution in [2.45, 2.75) is 69.7 Å². The predicted molar refractivity (Wildman–Crippen MR) is 74.5 cm³/mol. The van der Waals surface area contributed by atoms with Crippen molar-refractivity contribution in [1.29, 1.82) is 0 Å². The molecule has 0 aromatic rings. The Balaban J connectivity index is 2.05. The average molecular weight is 296 g/mol. The minimum atomic E-state index is -0.747. The largest absolute Gasteiger partial charge is 0.455 e.